The molecule has 1 aliphatic rings. The summed E-state index contributed by atoms with van der Waals surface area (Å²) in [6.45, 7) is 12.5. The molecule has 2 heteroatoms. The molecule has 2 N–H and O–H groups in total. The summed E-state index contributed by atoms with van der Waals surface area (Å²) in [6, 6.07) is 9.03. The number of nitrogens with two attached hydrogens (primary N) is 1. The highest BCUT2D eigenvalue weighted by Gasteiger charge is 2.28. The van der Waals surface area contributed by atoms with Crippen LogP contribution >= 0.6 is 0 Å². The molecule has 0 radical (unpaired) electrons. The molecule has 0 amide bonds. The summed E-state index contributed by atoms with van der Waals surface area (Å²) in [4.78, 5) is 2.55. The molecule has 2 unspecified atom stereocenters. The predicted molar refractivity (Wildman–Crippen MR) is 86.6 cm³/mol. The number of aryl methyl sites for hydroxylation is 1. The van der Waals surface area contributed by atoms with E-state index in [2.05, 4.69) is 56.9 Å². The van der Waals surface area contributed by atoms with Gasteiger partial charge in [-0.15, -0.1) is 0 Å². The van der Waals surface area contributed by atoms with Crippen LogP contribution in [-0.2, 0) is 6.54 Å². The fourth-order valence-corrected chi connectivity index (χ4v) is 3.52. The molecule has 2 atom stereocenters. The van der Waals surface area contributed by atoms with Crippen molar-refractivity contribution in [2.45, 2.75) is 53.1 Å². The average Bonchev–Trinajstić information content (AvgIpc) is 2.29. The molecule has 0 bridgehead atoms. The van der Waals surface area contributed by atoms with E-state index in [0.717, 1.165) is 19.0 Å². The lowest BCUT2D eigenvalue weighted by Crippen LogP contribution is -2.47. The molecule has 1 aromatic rings. The van der Waals surface area contributed by atoms with E-state index in [1.54, 1.807) is 0 Å². The lowest BCUT2D eigenvalue weighted by molar-refractivity contribution is 0.120. The monoisotopic (exact) mass is 274 g/mol. The van der Waals surface area contributed by atoms with Crippen LogP contribution in [-0.4, -0.2) is 24.0 Å². The van der Waals surface area contributed by atoms with Crippen molar-refractivity contribution >= 4 is 0 Å². The molecule has 1 saturated heterocycles. The molecule has 2 rings (SSSR count). The SMILES string of the molecule is Cc1ccccc1CN1CC(N)CC(CC(C)(C)C)C1. The van der Waals surface area contributed by atoms with E-state index in [0.29, 0.717) is 11.5 Å². The van der Waals surface area contributed by atoms with E-state index < -0.39 is 0 Å². The number of nitrogens with zero attached hydrogens (tertiary/aromatic N) is 1. The smallest absolute Gasteiger partial charge is 0.0237 e. The van der Waals surface area contributed by atoms with Crippen molar-refractivity contribution in [3.63, 3.8) is 0 Å². The highest BCUT2D eigenvalue weighted by Crippen LogP contribution is 2.30. The highest BCUT2D eigenvalue weighted by atomic mass is 15.1. The number of likely N-dealkylation sites (tertiary alicyclic amines) is 1. The number of piperidine rings is 1. The molecule has 1 heterocycles. The van der Waals surface area contributed by atoms with Gasteiger partial charge in [-0.1, -0.05) is 45.0 Å². The lowest BCUT2D eigenvalue weighted by Gasteiger charge is -2.39. The van der Waals surface area contributed by atoms with Gasteiger partial charge < -0.3 is 5.73 Å². The molecular weight excluding hydrogens is 244 g/mol. The zero-order valence-electron chi connectivity index (χ0n) is 13.5. The van der Waals surface area contributed by atoms with Gasteiger partial charge in [0.2, 0.25) is 0 Å². The van der Waals surface area contributed by atoms with Gasteiger partial charge in [0.15, 0.2) is 0 Å². The standard InChI is InChI=1S/C18H30N2/c1-14-7-5-6-8-16(14)12-20-11-15(9-17(19)13-20)10-18(2,3)4/h5-8,15,17H,9-13,19H2,1-4H3. The summed E-state index contributed by atoms with van der Waals surface area (Å²) in [5, 5.41) is 0. The quantitative estimate of drug-likeness (QED) is 0.913. The van der Waals surface area contributed by atoms with Crippen LogP contribution in [0.2, 0.25) is 0 Å². The van der Waals surface area contributed by atoms with Crippen LogP contribution in [0.5, 0.6) is 0 Å². The molecule has 112 valence electrons. The molecule has 1 fully saturated rings. The van der Waals surface area contributed by atoms with Gasteiger partial charge in [0.25, 0.3) is 0 Å². The van der Waals surface area contributed by atoms with Gasteiger partial charge >= 0.3 is 0 Å². The van der Waals surface area contributed by atoms with Crippen molar-refractivity contribution in [3.05, 3.63) is 35.4 Å². The zero-order chi connectivity index (χ0) is 14.8. The number of hydrogen-bond donors (Lipinski definition) is 1. The maximum Gasteiger partial charge on any atom is 0.0237 e. The second-order valence-corrected chi connectivity index (χ2v) is 7.75. The normalized spacial score (nSPS) is 24.9. The van der Waals surface area contributed by atoms with Crippen LogP contribution in [0.25, 0.3) is 0 Å². The van der Waals surface area contributed by atoms with Gasteiger partial charge in [0.1, 0.15) is 0 Å². The molecule has 1 aromatic carbocycles. The fourth-order valence-electron chi connectivity index (χ4n) is 3.52. The van der Waals surface area contributed by atoms with Gasteiger partial charge in [-0.25, -0.2) is 0 Å². The molecule has 0 aliphatic carbocycles. The Morgan fingerprint density at radius 1 is 1.20 bits per heavy atom. The van der Waals surface area contributed by atoms with E-state index in [-0.39, 0.29) is 0 Å². The molecule has 0 saturated carbocycles. The number of rotatable bonds is 3. The van der Waals surface area contributed by atoms with Gasteiger partial charge in [-0.3, -0.25) is 4.90 Å². The third-order valence-electron chi connectivity index (χ3n) is 4.20. The largest absolute Gasteiger partial charge is 0.327 e. The Morgan fingerprint density at radius 2 is 1.90 bits per heavy atom. The minimum Gasteiger partial charge on any atom is -0.327 e. The Bertz CT molecular complexity index is 433. The Hall–Kier alpha value is -0.860. The van der Waals surface area contributed by atoms with Crippen LogP contribution in [0.3, 0.4) is 0 Å². The molecule has 2 nitrogen and oxygen atoms in total. The first-order valence-electron chi connectivity index (χ1n) is 7.86. The van der Waals surface area contributed by atoms with Crippen molar-refractivity contribution in [1.82, 2.24) is 4.90 Å². The molecule has 20 heavy (non-hydrogen) atoms. The predicted octanol–water partition coefficient (Wildman–Crippen LogP) is 3.58. The van der Waals surface area contributed by atoms with Crippen molar-refractivity contribution < 1.29 is 0 Å². The Balaban J connectivity index is 1.99. The third-order valence-corrected chi connectivity index (χ3v) is 4.20. The summed E-state index contributed by atoms with van der Waals surface area (Å²) < 4.78 is 0. The van der Waals surface area contributed by atoms with E-state index in [9.17, 15) is 0 Å². The number of hydrogen-bond acceptors (Lipinski definition) is 2. The van der Waals surface area contributed by atoms with Crippen molar-refractivity contribution in [2.24, 2.45) is 17.1 Å². The Kier molecular flexibility index (Phi) is 4.87. The second-order valence-electron chi connectivity index (χ2n) is 7.75. The first-order valence-corrected chi connectivity index (χ1v) is 7.86. The minimum atomic E-state index is 0.333. The maximum absolute atomic E-state index is 6.28. The highest BCUT2D eigenvalue weighted by molar-refractivity contribution is 5.25. The summed E-state index contributed by atoms with van der Waals surface area (Å²) in [7, 11) is 0. The van der Waals surface area contributed by atoms with E-state index in [4.69, 9.17) is 5.73 Å². The minimum absolute atomic E-state index is 0.333. The third kappa shape index (κ3) is 4.60. The molecule has 1 aliphatic heterocycles. The van der Waals surface area contributed by atoms with Crippen LogP contribution in [0, 0.1) is 18.3 Å². The van der Waals surface area contributed by atoms with Crippen molar-refractivity contribution in [3.8, 4) is 0 Å². The fraction of sp³-hybridized carbons (Fsp3) is 0.667. The van der Waals surface area contributed by atoms with Crippen LogP contribution in [0.4, 0.5) is 0 Å². The van der Waals surface area contributed by atoms with Crippen molar-refractivity contribution in [2.75, 3.05) is 13.1 Å². The van der Waals surface area contributed by atoms with E-state index in [1.807, 2.05) is 0 Å². The van der Waals surface area contributed by atoms with Gasteiger partial charge in [-0.05, 0) is 42.2 Å². The molecular formula is C18H30N2. The van der Waals surface area contributed by atoms with Gasteiger partial charge in [0, 0.05) is 25.7 Å². The summed E-state index contributed by atoms with van der Waals surface area (Å²) in [5.74, 6) is 0.739. The van der Waals surface area contributed by atoms with E-state index in [1.165, 1.54) is 30.5 Å². The van der Waals surface area contributed by atoms with E-state index >= 15 is 0 Å². The molecule has 0 spiro atoms. The summed E-state index contributed by atoms with van der Waals surface area (Å²) >= 11 is 0. The zero-order valence-corrected chi connectivity index (χ0v) is 13.5. The maximum atomic E-state index is 6.28. The summed E-state index contributed by atoms with van der Waals surface area (Å²) in [6.07, 6.45) is 2.45. The Morgan fingerprint density at radius 3 is 2.55 bits per heavy atom. The lowest BCUT2D eigenvalue weighted by atomic mass is 9.80. The first kappa shape index (κ1) is 15.5. The average molecular weight is 274 g/mol. The molecule has 0 aromatic heterocycles. The first-order chi connectivity index (χ1) is 9.33. The number of benzene rings is 1. The Labute approximate surface area is 124 Å². The topological polar surface area (TPSA) is 29.3 Å². The van der Waals surface area contributed by atoms with Crippen molar-refractivity contribution in [1.29, 1.82) is 0 Å². The van der Waals surface area contributed by atoms with Crippen LogP contribution in [0.15, 0.2) is 24.3 Å². The van der Waals surface area contributed by atoms with Gasteiger partial charge in [0.05, 0.1) is 0 Å². The summed E-state index contributed by atoms with van der Waals surface area (Å²) in [5.41, 5.74) is 9.51. The van der Waals surface area contributed by atoms with Crippen LogP contribution < -0.4 is 5.73 Å². The van der Waals surface area contributed by atoms with Crippen LogP contribution in [0.1, 0.15) is 44.7 Å². The second kappa shape index (κ2) is 6.28. The van der Waals surface area contributed by atoms with Gasteiger partial charge in [-0.2, -0.15) is 0 Å².